The van der Waals surface area contributed by atoms with E-state index in [1.165, 1.54) is 11.8 Å². The Morgan fingerprint density at radius 2 is 1.97 bits per heavy atom. The maximum absolute atomic E-state index is 10.2. The molecule has 3 saturated heterocycles. The first-order valence-corrected chi connectivity index (χ1v) is 13.1. The van der Waals surface area contributed by atoms with Gasteiger partial charge in [0.2, 0.25) is 0 Å². The van der Waals surface area contributed by atoms with Crippen LogP contribution in [0.15, 0.2) is 28.4 Å². The molecule has 0 bridgehead atoms. The van der Waals surface area contributed by atoms with E-state index in [4.69, 9.17) is 22.1 Å². The van der Waals surface area contributed by atoms with Gasteiger partial charge < -0.3 is 25.4 Å². The molecule has 2 aromatic heterocycles. The molecule has 1 atom stereocenters. The molecule has 3 aliphatic rings. The monoisotopic (exact) mass is 504 g/mol. The summed E-state index contributed by atoms with van der Waals surface area (Å²) in [7, 11) is 0. The van der Waals surface area contributed by atoms with Crippen molar-refractivity contribution in [2.75, 3.05) is 48.3 Å². The van der Waals surface area contributed by atoms with Crippen molar-refractivity contribution in [2.24, 2.45) is 11.3 Å². The minimum absolute atomic E-state index is 0.199. The van der Waals surface area contributed by atoms with Crippen LogP contribution in [-0.2, 0) is 4.74 Å². The number of aliphatic hydroxyl groups is 1. The van der Waals surface area contributed by atoms with E-state index in [2.05, 4.69) is 31.7 Å². The fourth-order valence-corrected chi connectivity index (χ4v) is 6.26. The van der Waals surface area contributed by atoms with Crippen LogP contribution in [0.5, 0.6) is 0 Å². The molecule has 3 fully saturated rings. The lowest BCUT2D eigenvalue weighted by molar-refractivity contribution is 0.00438. The van der Waals surface area contributed by atoms with Crippen molar-refractivity contribution in [1.82, 2.24) is 15.0 Å². The summed E-state index contributed by atoms with van der Waals surface area (Å²) in [5.41, 5.74) is 5.94. The number of hydrogen-bond acceptors (Lipinski definition) is 9. The Morgan fingerprint density at radius 1 is 1.24 bits per heavy atom. The normalized spacial score (nSPS) is 22.9. The van der Waals surface area contributed by atoms with Crippen LogP contribution in [0.1, 0.15) is 40.0 Å². The van der Waals surface area contributed by atoms with Crippen molar-refractivity contribution in [2.45, 2.75) is 61.7 Å². The smallest absolute Gasteiger partial charge is 0.158 e. The largest absolute Gasteiger partial charge is 0.390 e. The summed E-state index contributed by atoms with van der Waals surface area (Å²) in [6.07, 6.45) is 7.28. The average molecular weight is 505 g/mol. The van der Waals surface area contributed by atoms with Crippen LogP contribution < -0.4 is 15.5 Å². The van der Waals surface area contributed by atoms with Crippen molar-refractivity contribution in [3.8, 4) is 0 Å². The summed E-state index contributed by atoms with van der Waals surface area (Å²) in [6.45, 7) is 10.1. The van der Waals surface area contributed by atoms with Gasteiger partial charge in [0.25, 0.3) is 0 Å². The molecule has 5 rings (SSSR count). The Bertz CT molecular complexity index is 1050. The van der Waals surface area contributed by atoms with Crippen LogP contribution >= 0.6 is 23.4 Å². The van der Waals surface area contributed by atoms with Crippen LogP contribution in [0.2, 0.25) is 5.02 Å². The van der Waals surface area contributed by atoms with Gasteiger partial charge in [-0.15, -0.1) is 0 Å². The molecule has 0 amide bonds. The van der Waals surface area contributed by atoms with Crippen LogP contribution in [0.3, 0.4) is 0 Å². The Morgan fingerprint density at radius 3 is 2.59 bits per heavy atom. The molecular formula is C24H33ClN6O2S. The molecule has 0 aromatic carbocycles. The van der Waals surface area contributed by atoms with Gasteiger partial charge in [-0.25, -0.2) is 15.0 Å². The summed E-state index contributed by atoms with van der Waals surface area (Å²) in [5, 5.41) is 11.4. The highest BCUT2D eigenvalue weighted by Crippen LogP contribution is 2.43. The lowest BCUT2D eigenvalue weighted by Gasteiger charge is -2.46. The van der Waals surface area contributed by atoms with Gasteiger partial charge in [0, 0.05) is 43.2 Å². The van der Waals surface area contributed by atoms with Crippen molar-refractivity contribution in [3.63, 3.8) is 0 Å². The molecule has 10 heteroatoms. The van der Waals surface area contributed by atoms with Gasteiger partial charge in [0.1, 0.15) is 16.7 Å². The molecule has 0 unspecified atom stereocenters. The highest BCUT2D eigenvalue weighted by molar-refractivity contribution is 7.99. The summed E-state index contributed by atoms with van der Waals surface area (Å²) < 4.78 is 5.84. The number of ether oxygens (including phenoxy) is 1. The van der Waals surface area contributed by atoms with Gasteiger partial charge >= 0.3 is 0 Å². The van der Waals surface area contributed by atoms with E-state index in [1.54, 1.807) is 6.20 Å². The van der Waals surface area contributed by atoms with E-state index in [0.29, 0.717) is 27.4 Å². The molecule has 2 aromatic rings. The zero-order chi connectivity index (χ0) is 24.1. The predicted octanol–water partition coefficient (Wildman–Crippen LogP) is 3.86. The second kappa shape index (κ2) is 9.00. The van der Waals surface area contributed by atoms with Crippen molar-refractivity contribution in [3.05, 3.63) is 23.5 Å². The molecule has 184 valence electrons. The maximum Gasteiger partial charge on any atom is 0.158 e. The van der Waals surface area contributed by atoms with E-state index >= 15 is 0 Å². The molecule has 1 spiro atoms. The number of nitrogen functional groups attached to an aromatic ring is 1. The lowest BCUT2D eigenvalue weighted by Crippen LogP contribution is -2.56. The van der Waals surface area contributed by atoms with Gasteiger partial charge in [-0.2, -0.15) is 0 Å². The number of aromatic nitrogens is 3. The topological polar surface area (TPSA) is 101 Å². The number of hydrogen-bond donors (Lipinski definition) is 2. The first kappa shape index (κ1) is 23.9. The third-order valence-electron chi connectivity index (χ3n) is 7.52. The van der Waals surface area contributed by atoms with Gasteiger partial charge in [0.05, 0.1) is 29.5 Å². The van der Waals surface area contributed by atoms with Gasteiger partial charge in [-0.3, -0.25) is 0 Å². The minimum Gasteiger partial charge on any atom is -0.390 e. The summed E-state index contributed by atoms with van der Waals surface area (Å²) >= 11 is 8.11. The second-order valence-corrected chi connectivity index (χ2v) is 11.9. The molecule has 3 N–H and O–H groups in total. The molecule has 0 saturated carbocycles. The Kier molecular flexibility index (Phi) is 6.33. The number of nitrogens with two attached hydrogens (primary N) is 1. The van der Waals surface area contributed by atoms with Crippen LogP contribution in [0.4, 0.5) is 17.5 Å². The fourth-order valence-electron chi connectivity index (χ4n) is 5.14. The Balaban J connectivity index is 1.25. The Labute approximate surface area is 210 Å². The summed E-state index contributed by atoms with van der Waals surface area (Å²) in [4.78, 5) is 19.0. The van der Waals surface area contributed by atoms with E-state index in [0.717, 1.165) is 68.6 Å². The Hall–Kier alpha value is -1.81. The first-order chi connectivity index (χ1) is 16.1. The van der Waals surface area contributed by atoms with Crippen LogP contribution in [0.25, 0.3) is 0 Å². The SMILES string of the molecule is C[C@H]1CC2(CCN(c3cnc(Sc4ccnc(N5CC(C(C)(C)O)C5)c4Cl)c(N)n3)CC2)CO1. The van der Waals surface area contributed by atoms with E-state index < -0.39 is 5.60 Å². The number of halogens is 1. The van der Waals surface area contributed by atoms with E-state index in [-0.39, 0.29) is 5.92 Å². The molecule has 3 aliphatic heterocycles. The number of nitrogens with zero attached hydrogens (tertiary/aromatic N) is 5. The number of rotatable bonds is 5. The van der Waals surface area contributed by atoms with Gasteiger partial charge in [-0.05, 0) is 51.5 Å². The number of pyridine rings is 1. The zero-order valence-electron chi connectivity index (χ0n) is 20.0. The van der Waals surface area contributed by atoms with Crippen LogP contribution in [-0.4, -0.2) is 64.5 Å². The highest BCUT2D eigenvalue weighted by Gasteiger charge is 2.41. The second-order valence-electron chi connectivity index (χ2n) is 10.5. The van der Waals surface area contributed by atoms with Gasteiger partial charge in [-0.1, -0.05) is 23.4 Å². The standard InChI is InChI=1S/C24H33ClN6O2S/c1-15-10-24(14-33-15)5-8-30(9-6-24)18-11-28-22(20(26)29-18)34-17-4-7-27-21(19(17)25)31-12-16(13-31)23(2,3)32/h4,7,11,15-16,32H,5-6,8-10,12-14H2,1-3H3,(H2,26,29)/t15-/m0/s1. The quantitative estimate of drug-likeness (QED) is 0.628. The summed E-state index contributed by atoms with van der Waals surface area (Å²) in [5.74, 6) is 2.15. The maximum atomic E-state index is 10.2. The molecular weight excluding hydrogens is 472 g/mol. The van der Waals surface area contributed by atoms with Crippen LogP contribution in [0, 0.1) is 11.3 Å². The molecule has 34 heavy (non-hydrogen) atoms. The minimum atomic E-state index is -0.709. The molecule has 0 radical (unpaired) electrons. The van der Waals surface area contributed by atoms with Gasteiger partial charge in [0.15, 0.2) is 5.82 Å². The predicted molar refractivity (Wildman–Crippen MR) is 136 cm³/mol. The number of anilines is 3. The third kappa shape index (κ3) is 4.67. The third-order valence-corrected chi connectivity index (χ3v) is 9.07. The molecule has 0 aliphatic carbocycles. The summed E-state index contributed by atoms with van der Waals surface area (Å²) in [6, 6.07) is 1.87. The van der Waals surface area contributed by atoms with Crippen molar-refractivity contribution >= 4 is 40.8 Å². The van der Waals surface area contributed by atoms with E-state index in [1.807, 2.05) is 26.1 Å². The van der Waals surface area contributed by atoms with Crippen molar-refractivity contribution < 1.29 is 9.84 Å². The molecule has 5 heterocycles. The first-order valence-electron chi connectivity index (χ1n) is 11.9. The zero-order valence-corrected chi connectivity index (χ0v) is 21.6. The highest BCUT2D eigenvalue weighted by atomic mass is 35.5. The fraction of sp³-hybridized carbons (Fsp3) is 0.625. The molecule has 8 nitrogen and oxygen atoms in total. The van der Waals surface area contributed by atoms with Crippen molar-refractivity contribution in [1.29, 1.82) is 0 Å². The average Bonchev–Trinajstić information content (AvgIpc) is 3.10. The number of piperidine rings is 1. The van der Waals surface area contributed by atoms with E-state index in [9.17, 15) is 5.11 Å². The lowest BCUT2D eigenvalue weighted by atomic mass is 9.77.